The molecule has 0 radical (unpaired) electrons. The zero-order valence-corrected chi connectivity index (χ0v) is 19.4. The lowest BCUT2D eigenvalue weighted by molar-refractivity contribution is 0.0972. The van der Waals surface area contributed by atoms with Gasteiger partial charge < -0.3 is 20.7 Å². The van der Waals surface area contributed by atoms with E-state index in [1.54, 1.807) is 36.3 Å². The second-order valence-electron chi connectivity index (χ2n) is 8.82. The van der Waals surface area contributed by atoms with E-state index in [0.29, 0.717) is 35.7 Å². The molecule has 0 saturated heterocycles. The second kappa shape index (κ2) is 8.71. The monoisotopic (exact) mass is 447 g/mol. The fraction of sp³-hybridized carbons (Fsp3) is 0.320. The molecule has 0 atom stereocenters. The number of primary amides is 1. The number of nitrogens with zero attached hydrogens (tertiary/aromatic N) is 3. The maximum Gasteiger partial charge on any atom is 0.277 e. The summed E-state index contributed by atoms with van der Waals surface area (Å²) >= 11 is 0. The summed E-state index contributed by atoms with van der Waals surface area (Å²) in [5.74, 6) is -0.172. The molecule has 0 aliphatic carbocycles. The summed E-state index contributed by atoms with van der Waals surface area (Å²) in [6.45, 7) is 5.64. The maximum absolute atomic E-state index is 13.6. The normalized spacial score (nSPS) is 13.7. The number of anilines is 1. The highest BCUT2D eigenvalue weighted by atomic mass is 16.5. The molecule has 3 aromatic rings. The van der Waals surface area contributed by atoms with Gasteiger partial charge in [-0.05, 0) is 55.4 Å². The van der Waals surface area contributed by atoms with Gasteiger partial charge in [0.05, 0.1) is 12.8 Å². The number of ether oxygens (including phenoxy) is 1. The Morgan fingerprint density at radius 1 is 1.12 bits per heavy atom. The summed E-state index contributed by atoms with van der Waals surface area (Å²) in [5.41, 5.74) is 9.28. The van der Waals surface area contributed by atoms with E-state index in [0.717, 1.165) is 12.2 Å². The van der Waals surface area contributed by atoms with Crippen molar-refractivity contribution in [3.8, 4) is 11.4 Å². The SMILES string of the molecule is CNCC(C)(C)c1ccc(N2CCc3c(C(N)=O)nn(-c4ccc(OC)cc4)c3C2=O)cc1. The molecule has 0 bridgehead atoms. The van der Waals surface area contributed by atoms with Crippen molar-refractivity contribution in [1.82, 2.24) is 15.1 Å². The number of likely N-dealkylation sites (N-methyl/N-ethyl adjacent to an activating group) is 1. The van der Waals surface area contributed by atoms with Gasteiger partial charge in [0.25, 0.3) is 11.8 Å². The number of nitrogens with one attached hydrogen (secondary N) is 1. The number of carbonyl (C=O) groups is 2. The van der Waals surface area contributed by atoms with Crippen LogP contribution in [0.5, 0.6) is 5.75 Å². The molecule has 1 aromatic heterocycles. The number of hydrogen-bond acceptors (Lipinski definition) is 5. The molecular weight excluding hydrogens is 418 g/mol. The first-order valence-corrected chi connectivity index (χ1v) is 10.9. The number of fused-ring (bicyclic) bond motifs is 1. The molecule has 8 heteroatoms. The van der Waals surface area contributed by atoms with Crippen molar-refractivity contribution in [3.05, 3.63) is 71.0 Å². The zero-order valence-electron chi connectivity index (χ0n) is 19.4. The molecule has 1 aliphatic heterocycles. The molecule has 4 rings (SSSR count). The molecule has 2 aromatic carbocycles. The van der Waals surface area contributed by atoms with Gasteiger partial charge in [0.1, 0.15) is 11.4 Å². The van der Waals surface area contributed by atoms with Crippen LogP contribution in [-0.2, 0) is 11.8 Å². The predicted octanol–water partition coefficient (Wildman–Crippen LogP) is 2.68. The molecule has 1 aliphatic rings. The van der Waals surface area contributed by atoms with Gasteiger partial charge >= 0.3 is 0 Å². The van der Waals surface area contributed by atoms with Crippen LogP contribution in [0.4, 0.5) is 5.69 Å². The fourth-order valence-corrected chi connectivity index (χ4v) is 4.35. The lowest BCUT2D eigenvalue weighted by Crippen LogP contribution is -2.39. The molecule has 0 saturated carbocycles. The Labute approximate surface area is 193 Å². The van der Waals surface area contributed by atoms with Gasteiger partial charge in [-0.2, -0.15) is 5.10 Å². The second-order valence-corrected chi connectivity index (χ2v) is 8.82. The van der Waals surface area contributed by atoms with Crippen LogP contribution in [0.3, 0.4) is 0 Å². The average molecular weight is 448 g/mol. The molecule has 0 spiro atoms. The van der Waals surface area contributed by atoms with Crippen molar-refractivity contribution in [2.45, 2.75) is 25.7 Å². The van der Waals surface area contributed by atoms with Crippen LogP contribution in [0, 0.1) is 0 Å². The lowest BCUT2D eigenvalue weighted by atomic mass is 9.84. The Morgan fingerprint density at radius 2 is 1.76 bits per heavy atom. The Morgan fingerprint density at radius 3 is 2.33 bits per heavy atom. The first kappa shape index (κ1) is 22.5. The van der Waals surface area contributed by atoms with Crippen molar-refractivity contribution in [2.24, 2.45) is 5.73 Å². The highest BCUT2D eigenvalue weighted by Crippen LogP contribution is 2.31. The van der Waals surface area contributed by atoms with Gasteiger partial charge in [-0.15, -0.1) is 0 Å². The van der Waals surface area contributed by atoms with Crippen LogP contribution in [0.1, 0.15) is 46.0 Å². The van der Waals surface area contributed by atoms with Crippen LogP contribution >= 0.6 is 0 Å². The van der Waals surface area contributed by atoms with Crippen molar-refractivity contribution < 1.29 is 14.3 Å². The molecular formula is C25H29N5O3. The largest absolute Gasteiger partial charge is 0.497 e. The first-order chi connectivity index (χ1) is 15.8. The first-order valence-electron chi connectivity index (χ1n) is 10.9. The van der Waals surface area contributed by atoms with E-state index in [4.69, 9.17) is 10.5 Å². The van der Waals surface area contributed by atoms with E-state index in [1.807, 2.05) is 19.2 Å². The lowest BCUT2D eigenvalue weighted by Gasteiger charge is -2.29. The van der Waals surface area contributed by atoms with E-state index in [9.17, 15) is 9.59 Å². The fourth-order valence-electron chi connectivity index (χ4n) is 4.35. The molecule has 172 valence electrons. The number of benzene rings is 2. The standard InChI is InChI=1S/C25H29N5O3/c1-25(2,15-27-3)16-5-7-17(8-6-16)29-14-13-20-21(23(26)31)28-30(22(20)24(29)32)18-9-11-19(33-4)12-10-18/h5-12,27H,13-15H2,1-4H3,(H2,26,31). The Kier molecular flexibility index (Phi) is 5.95. The summed E-state index contributed by atoms with van der Waals surface area (Å²) in [6.07, 6.45) is 0.489. The summed E-state index contributed by atoms with van der Waals surface area (Å²) in [6, 6.07) is 15.2. The van der Waals surface area contributed by atoms with Crippen LogP contribution in [0.2, 0.25) is 0 Å². The molecule has 3 N–H and O–H groups in total. The Balaban J connectivity index is 1.72. The number of nitrogens with two attached hydrogens (primary N) is 1. The van der Waals surface area contributed by atoms with Gasteiger partial charge in [0.2, 0.25) is 0 Å². The molecule has 8 nitrogen and oxygen atoms in total. The quantitative estimate of drug-likeness (QED) is 0.580. The van der Waals surface area contributed by atoms with E-state index in [2.05, 4.69) is 36.4 Å². The zero-order chi connectivity index (χ0) is 23.8. The van der Waals surface area contributed by atoms with E-state index in [1.165, 1.54) is 10.2 Å². The number of methoxy groups -OCH3 is 1. The number of carbonyl (C=O) groups excluding carboxylic acids is 2. The van der Waals surface area contributed by atoms with Crippen molar-refractivity contribution in [2.75, 3.05) is 32.1 Å². The number of aromatic nitrogens is 2. The third kappa shape index (κ3) is 4.09. The maximum atomic E-state index is 13.6. The average Bonchev–Trinajstić information content (AvgIpc) is 3.20. The van der Waals surface area contributed by atoms with Crippen molar-refractivity contribution in [1.29, 1.82) is 0 Å². The summed E-state index contributed by atoms with van der Waals surface area (Å²) < 4.78 is 6.73. The highest BCUT2D eigenvalue weighted by Gasteiger charge is 2.34. The van der Waals surface area contributed by atoms with Gasteiger partial charge in [0.15, 0.2) is 5.69 Å². The van der Waals surface area contributed by atoms with Crippen LogP contribution in [-0.4, -0.2) is 48.8 Å². The summed E-state index contributed by atoms with van der Waals surface area (Å²) in [7, 11) is 3.52. The Hall–Kier alpha value is -3.65. The molecule has 0 unspecified atom stereocenters. The van der Waals surface area contributed by atoms with Crippen LogP contribution in [0.25, 0.3) is 5.69 Å². The Bertz CT molecular complexity index is 1180. The molecule has 0 fully saturated rings. The third-order valence-electron chi connectivity index (χ3n) is 6.15. The van der Waals surface area contributed by atoms with Crippen LogP contribution < -0.4 is 20.7 Å². The molecule has 2 heterocycles. The minimum atomic E-state index is -0.643. The highest BCUT2D eigenvalue weighted by molar-refractivity contribution is 6.09. The summed E-state index contributed by atoms with van der Waals surface area (Å²) in [5, 5.41) is 7.63. The number of rotatable bonds is 7. The minimum Gasteiger partial charge on any atom is -0.497 e. The molecule has 2 amide bonds. The minimum absolute atomic E-state index is 0.0320. The topological polar surface area (TPSA) is 102 Å². The van der Waals surface area contributed by atoms with E-state index >= 15 is 0 Å². The van der Waals surface area contributed by atoms with Gasteiger partial charge in [-0.3, -0.25) is 9.59 Å². The van der Waals surface area contributed by atoms with Crippen molar-refractivity contribution >= 4 is 17.5 Å². The summed E-state index contributed by atoms with van der Waals surface area (Å²) in [4.78, 5) is 27.4. The van der Waals surface area contributed by atoms with Gasteiger partial charge in [-0.1, -0.05) is 26.0 Å². The van der Waals surface area contributed by atoms with E-state index < -0.39 is 5.91 Å². The van der Waals surface area contributed by atoms with E-state index in [-0.39, 0.29) is 17.0 Å². The predicted molar refractivity (Wildman–Crippen MR) is 127 cm³/mol. The number of hydrogen-bond donors (Lipinski definition) is 2. The van der Waals surface area contributed by atoms with Gasteiger partial charge in [0, 0.05) is 29.8 Å². The van der Waals surface area contributed by atoms with Crippen LogP contribution in [0.15, 0.2) is 48.5 Å². The molecule has 33 heavy (non-hydrogen) atoms. The smallest absolute Gasteiger partial charge is 0.277 e. The number of amides is 2. The van der Waals surface area contributed by atoms with Crippen molar-refractivity contribution in [3.63, 3.8) is 0 Å². The third-order valence-corrected chi connectivity index (χ3v) is 6.15. The van der Waals surface area contributed by atoms with Gasteiger partial charge in [-0.25, -0.2) is 4.68 Å².